The van der Waals surface area contributed by atoms with Crippen molar-refractivity contribution in [2.45, 2.75) is 26.4 Å². The molecule has 0 unspecified atom stereocenters. The standard InChI is InChI=1S/C13H12O.C5H5.C2H6Si.Ti/c1-10-7-12(9-13(14)8-10)11-5-3-2-4-6-11;1-2-4-5-3-1;1-3-2;/h2-9,14H,1H3;1-3H,4H2;1-2H3;/q;-1;;. The minimum absolute atomic E-state index is 0. The van der Waals surface area contributed by atoms with E-state index in [4.69, 9.17) is 0 Å². The molecule has 118 valence electrons. The molecule has 23 heavy (non-hydrogen) atoms. The molecule has 1 aliphatic carbocycles. The normalized spacial score (nSPS) is 10.7. The zero-order valence-corrected chi connectivity index (χ0v) is 16.6. The van der Waals surface area contributed by atoms with Crippen molar-refractivity contribution >= 4 is 9.52 Å². The third-order valence-corrected chi connectivity index (χ3v) is 2.76. The Bertz CT molecular complexity index is 576. The number of rotatable bonds is 1. The zero-order chi connectivity index (χ0) is 16.2. The second kappa shape index (κ2) is 13.1. The molecule has 2 radical (unpaired) electrons. The molecule has 0 heterocycles. The Hall–Kier alpha value is -1.35. The number of phenols is 1. The molecular formula is C20H23OSiTi-. The van der Waals surface area contributed by atoms with Crippen LogP contribution in [0.5, 0.6) is 5.75 Å². The smallest absolute Gasteiger partial charge is 0.116 e. The van der Waals surface area contributed by atoms with Gasteiger partial charge in [0, 0.05) is 31.2 Å². The quantitative estimate of drug-likeness (QED) is 0.532. The molecule has 3 heteroatoms. The number of hydrogen-bond donors (Lipinski definition) is 1. The molecule has 0 aliphatic heterocycles. The summed E-state index contributed by atoms with van der Waals surface area (Å²) in [6, 6.07) is 15.6. The first-order chi connectivity index (χ1) is 10.7. The van der Waals surface area contributed by atoms with Crippen molar-refractivity contribution in [2.24, 2.45) is 0 Å². The van der Waals surface area contributed by atoms with E-state index in [9.17, 15) is 5.11 Å². The maximum atomic E-state index is 9.46. The number of benzene rings is 2. The molecule has 1 nitrogen and oxygen atoms in total. The second-order valence-electron chi connectivity index (χ2n) is 4.93. The summed E-state index contributed by atoms with van der Waals surface area (Å²) >= 11 is 0. The molecular weight excluding hydrogens is 332 g/mol. The summed E-state index contributed by atoms with van der Waals surface area (Å²) in [5.41, 5.74) is 3.26. The molecule has 0 atom stereocenters. The fourth-order valence-corrected chi connectivity index (χ4v) is 1.90. The molecule has 3 rings (SSSR count). The predicted molar refractivity (Wildman–Crippen MR) is 97.3 cm³/mol. The zero-order valence-electron chi connectivity index (χ0n) is 14.0. The van der Waals surface area contributed by atoms with Crippen LogP contribution in [0.15, 0.2) is 66.8 Å². The van der Waals surface area contributed by atoms with Gasteiger partial charge in [0.2, 0.25) is 0 Å². The summed E-state index contributed by atoms with van der Waals surface area (Å²) in [6.45, 7) is 6.28. The Labute approximate surface area is 157 Å². The Morgan fingerprint density at radius 1 is 1.00 bits per heavy atom. The van der Waals surface area contributed by atoms with Crippen LogP contribution < -0.4 is 0 Å². The summed E-state index contributed by atoms with van der Waals surface area (Å²) in [5.74, 6) is 0.323. The summed E-state index contributed by atoms with van der Waals surface area (Å²) in [7, 11) is 1.08. The number of aryl methyl sites for hydroxylation is 1. The van der Waals surface area contributed by atoms with Gasteiger partial charge in [0.15, 0.2) is 0 Å². The van der Waals surface area contributed by atoms with E-state index < -0.39 is 0 Å². The van der Waals surface area contributed by atoms with Crippen molar-refractivity contribution in [3.63, 3.8) is 0 Å². The first kappa shape index (κ1) is 21.7. The number of aromatic hydroxyl groups is 1. The van der Waals surface area contributed by atoms with Crippen molar-refractivity contribution in [3.8, 4) is 16.9 Å². The van der Waals surface area contributed by atoms with E-state index in [-0.39, 0.29) is 21.7 Å². The van der Waals surface area contributed by atoms with Crippen molar-refractivity contribution < 1.29 is 26.8 Å². The first-order valence-electron chi connectivity index (χ1n) is 7.33. The van der Waals surface area contributed by atoms with Crippen LogP contribution in [0.2, 0.25) is 13.1 Å². The fraction of sp³-hybridized carbons (Fsp3) is 0.200. The van der Waals surface area contributed by atoms with Crippen LogP contribution in [0.3, 0.4) is 0 Å². The summed E-state index contributed by atoms with van der Waals surface area (Å²) in [5, 5.41) is 9.46. The number of allylic oxidation sites excluding steroid dienone is 4. The topological polar surface area (TPSA) is 20.2 Å². The average Bonchev–Trinajstić information content (AvgIpc) is 3.07. The summed E-state index contributed by atoms with van der Waals surface area (Å²) < 4.78 is 0. The molecule has 0 saturated heterocycles. The Balaban J connectivity index is 0.000000450. The van der Waals surface area contributed by atoms with Crippen molar-refractivity contribution in [1.82, 2.24) is 0 Å². The van der Waals surface area contributed by atoms with E-state index in [1.807, 2.05) is 49.4 Å². The second-order valence-corrected chi connectivity index (χ2v) is 5.93. The Kier molecular flexibility index (Phi) is 12.4. The van der Waals surface area contributed by atoms with Gasteiger partial charge in [-0.1, -0.05) is 49.5 Å². The van der Waals surface area contributed by atoms with Crippen LogP contribution in [0.1, 0.15) is 12.0 Å². The maximum Gasteiger partial charge on any atom is 0.116 e. The van der Waals surface area contributed by atoms with Crippen LogP contribution in [-0.4, -0.2) is 14.6 Å². The Morgan fingerprint density at radius 2 is 1.65 bits per heavy atom. The van der Waals surface area contributed by atoms with E-state index in [1.54, 1.807) is 12.1 Å². The Morgan fingerprint density at radius 3 is 2.09 bits per heavy atom. The van der Waals surface area contributed by atoms with Gasteiger partial charge in [0.25, 0.3) is 0 Å². The molecule has 0 bridgehead atoms. The van der Waals surface area contributed by atoms with Crippen LogP contribution in [-0.2, 0) is 21.7 Å². The van der Waals surface area contributed by atoms with Gasteiger partial charge in [-0.05, 0) is 35.7 Å². The largest absolute Gasteiger partial charge is 0.508 e. The minimum Gasteiger partial charge on any atom is -0.508 e. The van der Waals surface area contributed by atoms with Gasteiger partial charge in [0.1, 0.15) is 5.75 Å². The van der Waals surface area contributed by atoms with E-state index in [0.717, 1.165) is 32.6 Å². The van der Waals surface area contributed by atoms with Crippen LogP contribution >= 0.6 is 0 Å². The van der Waals surface area contributed by atoms with Crippen molar-refractivity contribution in [3.05, 3.63) is 78.4 Å². The molecule has 0 amide bonds. The average molecular weight is 355 g/mol. The van der Waals surface area contributed by atoms with E-state index >= 15 is 0 Å². The van der Waals surface area contributed by atoms with E-state index in [1.165, 1.54) is 0 Å². The number of hydrogen-bond acceptors (Lipinski definition) is 1. The predicted octanol–water partition coefficient (Wildman–Crippen LogP) is 5.46. The van der Waals surface area contributed by atoms with Gasteiger partial charge in [0.05, 0.1) is 0 Å². The first-order valence-corrected chi connectivity index (χ1v) is 9.33. The molecule has 0 saturated carbocycles. The van der Waals surface area contributed by atoms with Gasteiger partial charge >= 0.3 is 0 Å². The maximum absolute atomic E-state index is 9.46. The summed E-state index contributed by atoms with van der Waals surface area (Å²) in [6.07, 6.45) is 10.0. The van der Waals surface area contributed by atoms with Gasteiger partial charge in [-0.25, -0.2) is 12.2 Å². The third-order valence-electron chi connectivity index (χ3n) is 2.76. The molecule has 1 N–H and O–H groups in total. The molecule has 0 fully saturated rings. The van der Waals surface area contributed by atoms with E-state index in [0.29, 0.717) is 5.75 Å². The van der Waals surface area contributed by atoms with E-state index in [2.05, 4.69) is 31.3 Å². The van der Waals surface area contributed by atoms with Crippen LogP contribution in [0.25, 0.3) is 11.1 Å². The van der Waals surface area contributed by atoms with Crippen LogP contribution in [0.4, 0.5) is 0 Å². The molecule has 2 aromatic carbocycles. The van der Waals surface area contributed by atoms with Gasteiger partial charge < -0.3 is 5.11 Å². The van der Waals surface area contributed by atoms with Gasteiger partial charge in [-0.2, -0.15) is 6.08 Å². The van der Waals surface area contributed by atoms with Crippen LogP contribution in [0, 0.1) is 13.0 Å². The van der Waals surface area contributed by atoms with Gasteiger partial charge in [-0.3, -0.25) is 6.08 Å². The van der Waals surface area contributed by atoms with Crippen molar-refractivity contribution in [2.75, 3.05) is 0 Å². The van der Waals surface area contributed by atoms with Crippen molar-refractivity contribution in [1.29, 1.82) is 0 Å². The molecule has 1 aliphatic rings. The third kappa shape index (κ3) is 9.40. The molecule has 0 spiro atoms. The molecule has 2 aromatic rings. The summed E-state index contributed by atoms with van der Waals surface area (Å²) in [4.78, 5) is 0. The monoisotopic (exact) mass is 355 g/mol. The SMILES string of the molecule is C[Si]C.Cc1cc(O)cc(-c2ccccc2)c1.[C-]1=CC=CC1.[Ti]. The minimum atomic E-state index is 0. The fourth-order valence-electron chi connectivity index (χ4n) is 1.90. The molecule has 0 aromatic heterocycles. The number of phenolic OH excluding ortho intramolecular Hbond substituents is 1. The van der Waals surface area contributed by atoms with Gasteiger partial charge in [-0.15, -0.1) is 6.42 Å².